The molecule has 0 aliphatic carbocycles. The van der Waals surface area contributed by atoms with Crippen molar-refractivity contribution < 1.29 is 9.47 Å². The number of hydrogen-bond donors (Lipinski definition) is 0. The monoisotopic (exact) mass is 286 g/mol. The molecule has 0 saturated carbocycles. The molecule has 1 fully saturated rings. The molecule has 21 heavy (non-hydrogen) atoms. The fourth-order valence-corrected chi connectivity index (χ4v) is 3.07. The SMILES string of the molecule is COc1cccc2c(C)cc(N3CC(C)OC(C)C3)nc12. The molecule has 2 unspecified atom stereocenters. The van der Waals surface area contributed by atoms with E-state index in [1.165, 1.54) is 5.56 Å². The fourth-order valence-electron chi connectivity index (χ4n) is 3.07. The summed E-state index contributed by atoms with van der Waals surface area (Å²) in [5.41, 5.74) is 2.16. The van der Waals surface area contributed by atoms with Crippen molar-refractivity contribution >= 4 is 16.7 Å². The molecular formula is C17H22N2O2. The summed E-state index contributed by atoms with van der Waals surface area (Å²) in [6.45, 7) is 8.09. The second-order valence-electron chi connectivity index (χ2n) is 5.82. The number of aryl methyl sites for hydroxylation is 1. The molecule has 1 saturated heterocycles. The number of nitrogens with zero attached hydrogens (tertiary/aromatic N) is 2. The zero-order valence-corrected chi connectivity index (χ0v) is 13.1. The largest absolute Gasteiger partial charge is 0.494 e. The van der Waals surface area contributed by atoms with Crippen LogP contribution in [0.2, 0.25) is 0 Å². The number of pyridine rings is 1. The predicted molar refractivity (Wildman–Crippen MR) is 85.3 cm³/mol. The maximum absolute atomic E-state index is 5.81. The predicted octanol–water partition coefficient (Wildman–Crippen LogP) is 3.17. The molecule has 1 aromatic carbocycles. The first kappa shape index (κ1) is 14.1. The van der Waals surface area contributed by atoms with Crippen LogP contribution in [0.15, 0.2) is 24.3 Å². The van der Waals surface area contributed by atoms with Crippen LogP contribution in [0.4, 0.5) is 5.82 Å². The molecular weight excluding hydrogens is 264 g/mol. The number of morpholine rings is 1. The molecule has 112 valence electrons. The maximum atomic E-state index is 5.81. The Hall–Kier alpha value is -1.81. The van der Waals surface area contributed by atoms with Gasteiger partial charge in [-0.1, -0.05) is 12.1 Å². The van der Waals surface area contributed by atoms with Crippen LogP contribution >= 0.6 is 0 Å². The molecule has 4 nitrogen and oxygen atoms in total. The molecule has 1 aliphatic rings. The second kappa shape index (κ2) is 5.53. The van der Waals surface area contributed by atoms with Crippen molar-refractivity contribution in [1.82, 2.24) is 4.98 Å². The van der Waals surface area contributed by atoms with E-state index in [1.54, 1.807) is 7.11 Å². The summed E-state index contributed by atoms with van der Waals surface area (Å²) in [7, 11) is 1.69. The molecule has 0 bridgehead atoms. The number of rotatable bonds is 2. The number of aromatic nitrogens is 1. The van der Waals surface area contributed by atoms with E-state index in [2.05, 4.69) is 37.8 Å². The Balaban J connectivity index is 2.07. The van der Waals surface area contributed by atoms with Gasteiger partial charge in [-0.2, -0.15) is 0 Å². The minimum Gasteiger partial charge on any atom is -0.494 e. The van der Waals surface area contributed by atoms with Gasteiger partial charge in [0, 0.05) is 18.5 Å². The van der Waals surface area contributed by atoms with Gasteiger partial charge in [0.15, 0.2) is 0 Å². The lowest BCUT2D eigenvalue weighted by molar-refractivity contribution is -0.00544. The van der Waals surface area contributed by atoms with Gasteiger partial charge in [0.25, 0.3) is 0 Å². The highest BCUT2D eigenvalue weighted by molar-refractivity contribution is 5.88. The van der Waals surface area contributed by atoms with Crippen LogP contribution in [0.3, 0.4) is 0 Å². The molecule has 0 N–H and O–H groups in total. The van der Waals surface area contributed by atoms with Crippen molar-refractivity contribution in [2.24, 2.45) is 0 Å². The first-order valence-corrected chi connectivity index (χ1v) is 7.43. The van der Waals surface area contributed by atoms with E-state index in [4.69, 9.17) is 14.5 Å². The van der Waals surface area contributed by atoms with E-state index in [9.17, 15) is 0 Å². The summed E-state index contributed by atoms with van der Waals surface area (Å²) in [4.78, 5) is 7.15. The van der Waals surface area contributed by atoms with Gasteiger partial charge in [-0.25, -0.2) is 4.98 Å². The summed E-state index contributed by atoms with van der Waals surface area (Å²) < 4.78 is 11.3. The van der Waals surface area contributed by atoms with Crippen LogP contribution in [0, 0.1) is 6.92 Å². The van der Waals surface area contributed by atoms with Crippen LogP contribution < -0.4 is 9.64 Å². The Morgan fingerprint density at radius 1 is 1.24 bits per heavy atom. The highest BCUT2D eigenvalue weighted by Crippen LogP contribution is 2.30. The third-order valence-electron chi connectivity index (χ3n) is 3.96. The van der Waals surface area contributed by atoms with Crippen molar-refractivity contribution in [3.05, 3.63) is 29.8 Å². The zero-order chi connectivity index (χ0) is 15.0. The Labute approximate surface area is 125 Å². The molecule has 0 spiro atoms. The standard InChI is InChI=1S/C17H22N2O2/c1-11-8-16(19-9-12(2)21-13(3)10-19)18-17-14(11)6-5-7-15(17)20-4/h5-8,12-13H,9-10H2,1-4H3. The van der Waals surface area contributed by atoms with E-state index < -0.39 is 0 Å². The van der Waals surface area contributed by atoms with Gasteiger partial charge in [-0.3, -0.25) is 0 Å². The fraction of sp³-hybridized carbons (Fsp3) is 0.471. The van der Waals surface area contributed by atoms with E-state index >= 15 is 0 Å². The summed E-state index contributed by atoms with van der Waals surface area (Å²) in [6.07, 6.45) is 0.452. The van der Waals surface area contributed by atoms with Crippen LogP contribution in [0.1, 0.15) is 19.4 Å². The summed E-state index contributed by atoms with van der Waals surface area (Å²) in [5.74, 6) is 1.83. The van der Waals surface area contributed by atoms with Gasteiger partial charge >= 0.3 is 0 Å². The van der Waals surface area contributed by atoms with Gasteiger partial charge in [-0.05, 0) is 38.5 Å². The normalized spacial score (nSPS) is 22.6. The third kappa shape index (κ3) is 2.68. The van der Waals surface area contributed by atoms with Crippen molar-refractivity contribution in [3.8, 4) is 5.75 Å². The number of methoxy groups -OCH3 is 1. The number of anilines is 1. The molecule has 0 radical (unpaired) electrons. The van der Waals surface area contributed by atoms with Gasteiger partial charge in [0.2, 0.25) is 0 Å². The summed E-state index contributed by atoms with van der Waals surface area (Å²) >= 11 is 0. The van der Waals surface area contributed by atoms with Gasteiger partial charge in [-0.15, -0.1) is 0 Å². The Bertz CT molecular complexity index is 647. The van der Waals surface area contributed by atoms with Crippen molar-refractivity contribution in [2.45, 2.75) is 33.0 Å². The van der Waals surface area contributed by atoms with Crippen molar-refractivity contribution in [2.75, 3.05) is 25.1 Å². The van der Waals surface area contributed by atoms with Gasteiger partial charge < -0.3 is 14.4 Å². The number of para-hydroxylation sites is 1. The van der Waals surface area contributed by atoms with Gasteiger partial charge in [0.05, 0.1) is 19.3 Å². The molecule has 1 aliphatic heterocycles. The lowest BCUT2D eigenvalue weighted by Crippen LogP contribution is -2.45. The Kier molecular flexibility index (Phi) is 3.72. The Morgan fingerprint density at radius 2 is 1.95 bits per heavy atom. The molecule has 1 aromatic heterocycles. The van der Waals surface area contributed by atoms with E-state index in [1.807, 2.05) is 12.1 Å². The first-order valence-electron chi connectivity index (χ1n) is 7.43. The lowest BCUT2D eigenvalue weighted by atomic mass is 10.1. The molecule has 2 heterocycles. The van der Waals surface area contributed by atoms with Gasteiger partial charge in [0.1, 0.15) is 17.1 Å². The van der Waals surface area contributed by atoms with Crippen LogP contribution in [0.5, 0.6) is 5.75 Å². The highest BCUT2D eigenvalue weighted by atomic mass is 16.5. The molecule has 2 atom stereocenters. The molecule has 4 heteroatoms. The maximum Gasteiger partial charge on any atom is 0.145 e. The Morgan fingerprint density at radius 3 is 2.62 bits per heavy atom. The third-order valence-corrected chi connectivity index (χ3v) is 3.96. The lowest BCUT2D eigenvalue weighted by Gasteiger charge is -2.36. The number of benzene rings is 1. The van der Waals surface area contributed by atoms with Crippen LogP contribution in [-0.2, 0) is 4.74 Å². The van der Waals surface area contributed by atoms with Crippen molar-refractivity contribution in [3.63, 3.8) is 0 Å². The minimum absolute atomic E-state index is 0.226. The number of fused-ring (bicyclic) bond motifs is 1. The average molecular weight is 286 g/mol. The number of ether oxygens (including phenoxy) is 2. The highest BCUT2D eigenvalue weighted by Gasteiger charge is 2.23. The zero-order valence-electron chi connectivity index (χ0n) is 13.1. The molecule has 0 amide bonds. The first-order chi connectivity index (χ1) is 10.1. The van der Waals surface area contributed by atoms with E-state index in [0.29, 0.717) is 0 Å². The average Bonchev–Trinajstić information content (AvgIpc) is 2.45. The van der Waals surface area contributed by atoms with E-state index in [-0.39, 0.29) is 12.2 Å². The molecule has 2 aromatic rings. The van der Waals surface area contributed by atoms with Crippen LogP contribution in [0.25, 0.3) is 10.9 Å². The minimum atomic E-state index is 0.226. The topological polar surface area (TPSA) is 34.6 Å². The quantitative estimate of drug-likeness (QED) is 0.849. The van der Waals surface area contributed by atoms with E-state index in [0.717, 1.165) is 35.6 Å². The van der Waals surface area contributed by atoms with Crippen LogP contribution in [-0.4, -0.2) is 37.4 Å². The number of hydrogen-bond acceptors (Lipinski definition) is 4. The summed E-state index contributed by atoms with van der Waals surface area (Å²) in [5, 5.41) is 1.15. The summed E-state index contributed by atoms with van der Waals surface area (Å²) in [6, 6.07) is 8.22. The van der Waals surface area contributed by atoms with Crippen molar-refractivity contribution in [1.29, 1.82) is 0 Å². The molecule has 3 rings (SSSR count). The smallest absolute Gasteiger partial charge is 0.145 e. The second-order valence-corrected chi connectivity index (χ2v) is 5.82.